The summed E-state index contributed by atoms with van der Waals surface area (Å²) in [7, 11) is 0. The van der Waals surface area contributed by atoms with Gasteiger partial charge in [-0.05, 0) is 38.1 Å². The average Bonchev–Trinajstić information content (AvgIpc) is 2.30. The Morgan fingerprint density at radius 2 is 2.43 bits per heavy atom. The smallest absolute Gasteiger partial charge is 0.0802 e. The van der Waals surface area contributed by atoms with E-state index >= 15 is 0 Å². The van der Waals surface area contributed by atoms with Crippen molar-refractivity contribution >= 4 is 0 Å². The van der Waals surface area contributed by atoms with E-state index in [1.54, 1.807) is 6.20 Å². The number of hydrogen-bond donors (Lipinski definition) is 0. The highest BCUT2D eigenvalue weighted by molar-refractivity contribution is 5.06. The fourth-order valence-electron chi connectivity index (χ4n) is 2.20. The molecule has 0 N–H and O–H groups in total. The second kappa shape index (κ2) is 4.51. The topological polar surface area (TPSA) is 29.0 Å². The maximum absolute atomic E-state index is 4.21. The molecule has 1 saturated heterocycles. The van der Waals surface area contributed by atoms with Crippen molar-refractivity contribution in [1.29, 1.82) is 0 Å². The summed E-state index contributed by atoms with van der Waals surface area (Å²) in [5.41, 5.74) is 1.13. The van der Waals surface area contributed by atoms with Crippen LogP contribution in [-0.2, 0) is 0 Å². The third-order valence-electron chi connectivity index (χ3n) is 2.95. The molecule has 3 nitrogen and oxygen atoms in total. The fourth-order valence-corrected chi connectivity index (χ4v) is 2.20. The van der Waals surface area contributed by atoms with E-state index in [0.29, 0.717) is 6.04 Å². The molecule has 0 radical (unpaired) electrons. The van der Waals surface area contributed by atoms with Crippen LogP contribution < -0.4 is 0 Å². The van der Waals surface area contributed by atoms with Crippen LogP contribution in [0.2, 0.25) is 0 Å². The lowest BCUT2D eigenvalue weighted by atomic mass is 9.99. The summed E-state index contributed by atoms with van der Waals surface area (Å²) in [5.74, 6) is 0. The van der Waals surface area contributed by atoms with E-state index < -0.39 is 0 Å². The standard InChI is InChI=1S/C11H17N3/c1-2-14-9-4-3-7-11(14)10-6-5-8-12-13-10/h5-6,8,11H,2-4,7,9H2,1H3. The molecule has 0 saturated carbocycles. The number of hydrogen-bond acceptors (Lipinski definition) is 3. The van der Waals surface area contributed by atoms with Gasteiger partial charge in [0.15, 0.2) is 0 Å². The van der Waals surface area contributed by atoms with Gasteiger partial charge >= 0.3 is 0 Å². The van der Waals surface area contributed by atoms with Crippen LogP contribution in [0.5, 0.6) is 0 Å². The van der Waals surface area contributed by atoms with Gasteiger partial charge in [0.2, 0.25) is 0 Å². The van der Waals surface area contributed by atoms with E-state index in [1.807, 2.05) is 6.07 Å². The van der Waals surface area contributed by atoms with Gasteiger partial charge in [-0.3, -0.25) is 4.90 Å². The zero-order valence-electron chi connectivity index (χ0n) is 8.69. The molecule has 1 aromatic heterocycles. The second-order valence-corrected chi connectivity index (χ2v) is 3.79. The molecule has 76 valence electrons. The molecule has 0 aliphatic carbocycles. The number of aromatic nitrogens is 2. The molecule has 1 aliphatic rings. The molecule has 14 heavy (non-hydrogen) atoms. The Hall–Kier alpha value is -0.960. The van der Waals surface area contributed by atoms with Gasteiger partial charge in [0.25, 0.3) is 0 Å². The molecular weight excluding hydrogens is 174 g/mol. The van der Waals surface area contributed by atoms with E-state index in [4.69, 9.17) is 0 Å². The first kappa shape index (κ1) is 9.59. The largest absolute Gasteiger partial charge is 0.295 e. The van der Waals surface area contributed by atoms with Crippen molar-refractivity contribution in [3.8, 4) is 0 Å². The van der Waals surface area contributed by atoms with Crippen LogP contribution in [0.4, 0.5) is 0 Å². The lowest BCUT2D eigenvalue weighted by molar-refractivity contribution is 0.153. The highest BCUT2D eigenvalue weighted by Crippen LogP contribution is 2.28. The minimum Gasteiger partial charge on any atom is -0.295 e. The molecule has 0 amide bonds. The number of nitrogens with zero attached hydrogens (tertiary/aromatic N) is 3. The third kappa shape index (κ3) is 1.93. The van der Waals surface area contributed by atoms with Gasteiger partial charge in [-0.25, -0.2) is 0 Å². The minimum atomic E-state index is 0.502. The predicted octanol–water partition coefficient (Wildman–Crippen LogP) is 2.02. The lowest BCUT2D eigenvalue weighted by Gasteiger charge is -2.33. The van der Waals surface area contributed by atoms with Crippen LogP contribution in [0.1, 0.15) is 37.9 Å². The monoisotopic (exact) mass is 191 g/mol. The third-order valence-corrected chi connectivity index (χ3v) is 2.95. The maximum Gasteiger partial charge on any atom is 0.0802 e. The Labute approximate surface area is 85.1 Å². The summed E-state index contributed by atoms with van der Waals surface area (Å²) >= 11 is 0. The summed E-state index contributed by atoms with van der Waals surface area (Å²) in [6.45, 7) is 4.54. The molecule has 2 heterocycles. The van der Waals surface area contributed by atoms with Gasteiger partial charge in [-0.15, -0.1) is 0 Å². The molecule has 2 rings (SSSR count). The molecule has 1 fully saturated rings. The van der Waals surface area contributed by atoms with E-state index in [-0.39, 0.29) is 0 Å². The first-order chi connectivity index (χ1) is 6.92. The Morgan fingerprint density at radius 3 is 3.14 bits per heavy atom. The second-order valence-electron chi connectivity index (χ2n) is 3.79. The highest BCUT2D eigenvalue weighted by atomic mass is 15.2. The summed E-state index contributed by atoms with van der Waals surface area (Å²) in [5, 5.41) is 8.16. The van der Waals surface area contributed by atoms with Gasteiger partial charge < -0.3 is 0 Å². The Morgan fingerprint density at radius 1 is 1.50 bits per heavy atom. The first-order valence-electron chi connectivity index (χ1n) is 5.43. The van der Waals surface area contributed by atoms with E-state index in [2.05, 4.69) is 28.1 Å². The molecule has 0 spiro atoms. The zero-order chi connectivity index (χ0) is 9.80. The van der Waals surface area contributed by atoms with Gasteiger partial charge in [0.05, 0.1) is 11.7 Å². The summed E-state index contributed by atoms with van der Waals surface area (Å²) in [6, 6.07) is 4.57. The Kier molecular flexibility index (Phi) is 3.09. The van der Waals surface area contributed by atoms with Crippen molar-refractivity contribution < 1.29 is 0 Å². The zero-order valence-corrected chi connectivity index (χ0v) is 8.69. The van der Waals surface area contributed by atoms with E-state index in [1.165, 1.54) is 25.8 Å². The summed E-state index contributed by atoms with van der Waals surface area (Å²) in [4.78, 5) is 2.49. The van der Waals surface area contributed by atoms with Crippen molar-refractivity contribution in [3.05, 3.63) is 24.0 Å². The minimum absolute atomic E-state index is 0.502. The summed E-state index contributed by atoms with van der Waals surface area (Å²) < 4.78 is 0. The van der Waals surface area contributed by atoms with Gasteiger partial charge in [0.1, 0.15) is 0 Å². The molecule has 1 aliphatic heterocycles. The molecule has 1 unspecified atom stereocenters. The van der Waals surface area contributed by atoms with Gasteiger partial charge in [-0.2, -0.15) is 10.2 Å². The normalized spacial score (nSPS) is 23.6. The number of rotatable bonds is 2. The SMILES string of the molecule is CCN1CCCCC1c1cccnn1. The highest BCUT2D eigenvalue weighted by Gasteiger charge is 2.23. The molecule has 1 aromatic rings. The van der Waals surface area contributed by atoms with Crippen molar-refractivity contribution in [2.24, 2.45) is 0 Å². The van der Waals surface area contributed by atoms with Gasteiger partial charge in [-0.1, -0.05) is 13.3 Å². The average molecular weight is 191 g/mol. The molecule has 3 heteroatoms. The number of likely N-dealkylation sites (tertiary alicyclic amines) is 1. The lowest BCUT2D eigenvalue weighted by Crippen LogP contribution is -2.33. The van der Waals surface area contributed by atoms with Crippen molar-refractivity contribution in [1.82, 2.24) is 15.1 Å². The van der Waals surface area contributed by atoms with Crippen molar-refractivity contribution in [3.63, 3.8) is 0 Å². The quantitative estimate of drug-likeness (QED) is 0.716. The first-order valence-corrected chi connectivity index (χ1v) is 5.43. The van der Waals surface area contributed by atoms with Crippen molar-refractivity contribution in [2.45, 2.75) is 32.2 Å². The van der Waals surface area contributed by atoms with Crippen LogP contribution in [0.3, 0.4) is 0 Å². The predicted molar refractivity (Wildman–Crippen MR) is 55.9 cm³/mol. The molecular formula is C11H17N3. The van der Waals surface area contributed by atoms with E-state index in [0.717, 1.165) is 12.2 Å². The Bertz CT molecular complexity index is 273. The van der Waals surface area contributed by atoms with Gasteiger partial charge in [0, 0.05) is 6.20 Å². The van der Waals surface area contributed by atoms with Crippen LogP contribution in [-0.4, -0.2) is 28.2 Å². The van der Waals surface area contributed by atoms with Crippen LogP contribution >= 0.6 is 0 Å². The van der Waals surface area contributed by atoms with Crippen LogP contribution in [0.15, 0.2) is 18.3 Å². The number of piperidine rings is 1. The maximum atomic E-state index is 4.21. The Balaban J connectivity index is 2.15. The fraction of sp³-hybridized carbons (Fsp3) is 0.636. The van der Waals surface area contributed by atoms with Crippen molar-refractivity contribution in [2.75, 3.05) is 13.1 Å². The molecule has 0 aromatic carbocycles. The molecule has 1 atom stereocenters. The van der Waals surface area contributed by atoms with E-state index in [9.17, 15) is 0 Å². The summed E-state index contributed by atoms with van der Waals surface area (Å²) in [6.07, 6.45) is 5.61. The van der Waals surface area contributed by atoms with Crippen LogP contribution in [0, 0.1) is 0 Å². The van der Waals surface area contributed by atoms with Crippen LogP contribution in [0.25, 0.3) is 0 Å². The molecule has 0 bridgehead atoms.